The third kappa shape index (κ3) is 13.0. The molecule has 60 heavy (non-hydrogen) atoms. The van der Waals surface area contributed by atoms with Gasteiger partial charge in [-0.25, -0.2) is 9.36 Å². The molecule has 0 unspecified atom stereocenters. The Morgan fingerprint density at radius 2 is 1.35 bits per heavy atom. The molecule has 0 fully saturated rings. The van der Waals surface area contributed by atoms with Gasteiger partial charge in [0, 0.05) is 49.9 Å². The van der Waals surface area contributed by atoms with E-state index in [1.807, 2.05) is 84.9 Å². The van der Waals surface area contributed by atoms with Crippen LogP contribution in [0.5, 0.6) is 0 Å². The molecule has 13 nitrogen and oxygen atoms in total. The van der Waals surface area contributed by atoms with Crippen LogP contribution in [0.2, 0.25) is 0 Å². The van der Waals surface area contributed by atoms with Gasteiger partial charge in [-0.15, -0.1) is 10.2 Å². The van der Waals surface area contributed by atoms with E-state index in [2.05, 4.69) is 83.2 Å². The van der Waals surface area contributed by atoms with Crippen molar-refractivity contribution in [2.45, 2.75) is 157 Å². The van der Waals surface area contributed by atoms with Crippen LogP contribution in [0.3, 0.4) is 0 Å². The Morgan fingerprint density at radius 3 is 2.03 bits per heavy atom. The summed E-state index contributed by atoms with van der Waals surface area (Å²) in [5, 5.41) is 20.9. The van der Waals surface area contributed by atoms with Gasteiger partial charge >= 0.3 is 0 Å². The second-order valence-corrected chi connectivity index (χ2v) is 20.0. The summed E-state index contributed by atoms with van der Waals surface area (Å²) in [5.41, 5.74) is 4.71. The molecular formula is C47H70N8O5. The van der Waals surface area contributed by atoms with Gasteiger partial charge in [0.05, 0.1) is 59.2 Å². The van der Waals surface area contributed by atoms with E-state index in [9.17, 15) is 9.59 Å². The van der Waals surface area contributed by atoms with Crippen molar-refractivity contribution in [3.8, 4) is 22.5 Å². The van der Waals surface area contributed by atoms with Crippen LogP contribution in [0.1, 0.15) is 126 Å². The predicted molar refractivity (Wildman–Crippen MR) is 236 cm³/mol. The molecule has 0 radical (unpaired) electrons. The second-order valence-electron chi connectivity index (χ2n) is 20.0. The van der Waals surface area contributed by atoms with Crippen molar-refractivity contribution < 1.29 is 23.8 Å². The minimum absolute atomic E-state index is 0.0646. The number of rotatable bonds is 20. The molecule has 2 aromatic carbocycles. The van der Waals surface area contributed by atoms with E-state index in [0.29, 0.717) is 52.3 Å². The van der Waals surface area contributed by atoms with Gasteiger partial charge in [-0.3, -0.25) is 9.59 Å². The van der Waals surface area contributed by atoms with Gasteiger partial charge in [-0.1, -0.05) is 73.7 Å². The first-order valence-corrected chi connectivity index (χ1v) is 21.5. The van der Waals surface area contributed by atoms with Crippen molar-refractivity contribution in [3.05, 3.63) is 66.0 Å². The fourth-order valence-corrected chi connectivity index (χ4v) is 7.05. The summed E-state index contributed by atoms with van der Waals surface area (Å²) in [4.78, 5) is 29.1. The summed E-state index contributed by atoms with van der Waals surface area (Å²) < 4.78 is 22.7. The van der Waals surface area contributed by atoms with E-state index in [1.165, 1.54) is 0 Å². The Labute approximate surface area is 357 Å². The maximum Gasteiger partial charge on any atom is 0.227 e. The standard InChI is InChI=1S/C47H70N8O5/c1-34-31-55(52-49-34)44(5,6)25-29-58-46(9,10)24-28-54-42-37-19-15-16-20-38(37)53(32-35-17-13-14-18-36(35)41(42)50-51-54)40(57)22-21-39(56)48-27-23-45(7,8)59-30-26-47(11,12)60-33-43(2,3)4/h13-20,31H,21-30,32-33H2,1-12H3,(H,48,56). The molecule has 0 saturated heterocycles. The monoisotopic (exact) mass is 827 g/mol. The van der Waals surface area contributed by atoms with Crippen LogP contribution < -0.4 is 10.2 Å². The molecule has 0 aliphatic carbocycles. The van der Waals surface area contributed by atoms with E-state index < -0.39 is 11.2 Å². The highest BCUT2D eigenvalue weighted by Crippen LogP contribution is 2.41. The lowest BCUT2D eigenvalue weighted by atomic mass is 9.95. The molecule has 0 bridgehead atoms. The minimum Gasteiger partial charge on any atom is -0.375 e. The SMILES string of the molecule is Cc1cn(C(C)(C)CCOC(C)(C)CCn2nnc3c2-c2ccccc2N(C(=O)CCC(=O)NCCC(C)(C)OCCC(C)(C)OCC(C)(C)C)Cc2ccccc2-3)nn1. The first-order valence-electron chi connectivity index (χ1n) is 21.5. The predicted octanol–water partition coefficient (Wildman–Crippen LogP) is 8.68. The van der Waals surface area contributed by atoms with Crippen molar-refractivity contribution in [2.24, 2.45) is 5.41 Å². The van der Waals surface area contributed by atoms with Gasteiger partial charge in [-0.05, 0) is 105 Å². The minimum atomic E-state index is -0.448. The zero-order chi connectivity index (χ0) is 43.9. The number of hydrogen-bond donors (Lipinski definition) is 1. The Hall–Kier alpha value is -4.46. The molecule has 2 aromatic heterocycles. The molecule has 0 atom stereocenters. The number of para-hydroxylation sites is 1. The number of carbonyl (C=O) groups is 2. The third-order valence-corrected chi connectivity index (χ3v) is 11.2. The van der Waals surface area contributed by atoms with Crippen LogP contribution in [0.25, 0.3) is 22.5 Å². The molecule has 5 rings (SSSR count). The average molecular weight is 827 g/mol. The molecule has 0 saturated carbocycles. The van der Waals surface area contributed by atoms with Gasteiger partial charge in [0.1, 0.15) is 5.69 Å². The fraction of sp³-hybridized carbons (Fsp3) is 0.617. The Balaban J connectivity index is 1.21. The molecule has 3 heterocycles. The first kappa shape index (κ1) is 46.6. The number of hydrogen-bond acceptors (Lipinski definition) is 9. The third-order valence-electron chi connectivity index (χ3n) is 11.2. The van der Waals surface area contributed by atoms with E-state index in [0.717, 1.165) is 52.3 Å². The van der Waals surface area contributed by atoms with E-state index >= 15 is 0 Å². The molecule has 1 aliphatic heterocycles. The second kappa shape index (κ2) is 19.1. The van der Waals surface area contributed by atoms with Gasteiger partial charge in [-0.2, -0.15) is 0 Å². The zero-order valence-electron chi connectivity index (χ0n) is 38.4. The summed E-state index contributed by atoms with van der Waals surface area (Å²) in [6.07, 6.45) is 4.96. The number of carbonyl (C=O) groups excluding carboxylic acids is 2. The summed E-state index contributed by atoms with van der Waals surface area (Å²) in [5.74, 6) is -0.295. The average Bonchev–Trinajstić information content (AvgIpc) is 3.80. The quantitative estimate of drug-likeness (QED) is 0.0928. The normalized spacial score (nSPS) is 13.6. The van der Waals surface area contributed by atoms with Crippen LogP contribution in [0.15, 0.2) is 54.7 Å². The number of amides is 2. The molecule has 1 N–H and O–H groups in total. The van der Waals surface area contributed by atoms with Gasteiger partial charge in [0.15, 0.2) is 0 Å². The Bertz CT molecular complexity index is 2060. The smallest absolute Gasteiger partial charge is 0.227 e. The number of ether oxygens (including phenoxy) is 3. The molecule has 328 valence electrons. The lowest BCUT2D eigenvalue weighted by Gasteiger charge is -2.32. The number of aromatic nitrogens is 6. The highest BCUT2D eigenvalue weighted by Gasteiger charge is 2.31. The molecule has 1 aliphatic rings. The van der Waals surface area contributed by atoms with E-state index in [-0.39, 0.29) is 41.2 Å². The number of aryl methyl sites for hydroxylation is 2. The fourth-order valence-electron chi connectivity index (χ4n) is 7.05. The van der Waals surface area contributed by atoms with Crippen LogP contribution >= 0.6 is 0 Å². The molecule has 13 heteroatoms. The van der Waals surface area contributed by atoms with Crippen molar-refractivity contribution >= 4 is 17.5 Å². The number of nitrogens with one attached hydrogen (secondary N) is 1. The van der Waals surface area contributed by atoms with Gasteiger partial charge < -0.3 is 24.4 Å². The lowest BCUT2D eigenvalue weighted by molar-refractivity contribution is -0.125. The molecule has 2 amide bonds. The summed E-state index contributed by atoms with van der Waals surface area (Å²) in [7, 11) is 0. The number of anilines is 1. The topological polar surface area (TPSA) is 139 Å². The number of fused-ring (bicyclic) bond motifs is 5. The van der Waals surface area contributed by atoms with Crippen LogP contribution in [0.4, 0.5) is 5.69 Å². The number of benzene rings is 2. The van der Waals surface area contributed by atoms with Gasteiger partial charge in [0.2, 0.25) is 11.8 Å². The Kier molecular flexibility index (Phi) is 14.8. The highest BCUT2D eigenvalue weighted by atomic mass is 16.5. The van der Waals surface area contributed by atoms with E-state index in [4.69, 9.17) is 19.3 Å². The molecule has 4 aromatic rings. The zero-order valence-corrected chi connectivity index (χ0v) is 38.4. The highest BCUT2D eigenvalue weighted by molar-refractivity contribution is 6.01. The van der Waals surface area contributed by atoms with Crippen LogP contribution in [-0.2, 0) is 42.4 Å². The maximum absolute atomic E-state index is 14.2. The molecular weight excluding hydrogens is 757 g/mol. The summed E-state index contributed by atoms with van der Waals surface area (Å²) in [6, 6.07) is 15.9. The first-order chi connectivity index (χ1) is 28.0. The van der Waals surface area contributed by atoms with Crippen molar-refractivity contribution in [1.82, 2.24) is 35.3 Å². The molecule has 0 spiro atoms. The van der Waals surface area contributed by atoms with E-state index in [1.54, 1.807) is 4.90 Å². The van der Waals surface area contributed by atoms with Crippen molar-refractivity contribution in [3.63, 3.8) is 0 Å². The van der Waals surface area contributed by atoms with Crippen LogP contribution in [-0.4, -0.2) is 85.0 Å². The van der Waals surface area contributed by atoms with Gasteiger partial charge in [0.25, 0.3) is 0 Å². The summed E-state index contributed by atoms with van der Waals surface area (Å²) in [6.45, 7) is 28.3. The van der Waals surface area contributed by atoms with Crippen molar-refractivity contribution in [2.75, 3.05) is 31.3 Å². The maximum atomic E-state index is 14.2. The lowest BCUT2D eigenvalue weighted by Crippen LogP contribution is -2.36. The van der Waals surface area contributed by atoms with Crippen molar-refractivity contribution in [1.29, 1.82) is 0 Å². The largest absolute Gasteiger partial charge is 0.375 e. The number of nitrogens with zero attached hydrogens (tertiary/aromatic N) is 7. The summed E-state index contributed by atoms with van der Waals surface area (Å²) >= 11 is 0. The van der Waals surface area contributed by atoms with Crippen LogP contribution in [0, 0.1) is 12.3 Å². The Morgan fingerprint density at radius 1 is 0.717 bits per heavy atom.